The quantitative estimate of drug-likeness (QED) is 0.129. The summed E-state index contributed by atoms with van der Waals surface area (Å²) in [5.74, 6) is -1.62. The van der Waals surface area contributed by atoms with Crippen molar-refractivity contribution < 1.29 is 78.5 Å². The summed E-state index contributed by atoms with van der Waals surface area (Å²) in [7, 11) is 0. The van der Waals surface area contributed by atoms with Crippen molar-refractivity contribution in [3.63, 3.8) is 0 Å². The molecule has 8 rings (SSSR count). The Labute approximate surface area is 358 Å². The van der Waals surface area contributed by atoms with Gasteiger partial charge in [0.25, 0.3) is 0 Å². The standard InChI is InChI=1S/C45H72O16/c1-21(47)56-26-19-55-38(34(31(26)51)57-22(2)48)60-28-11-13-45-20-44(45)15-14-41(7)35(43(9)12-10-29(61-43)40(5,6)54)23(49)17-42(41,8)27(44)16-24(36(45)39(28,3)4)58-37-33(53)32(52)30(50)25(18-46)59-37/h23-38,46,49-54H,10-20H2,1-9H3/t23-,24-,25?,26?,27?,28-,29?,30?,31?,32?,33?,34?,35?,36?,37?,38?,41+,42-,43?,44?,45?/m0/s1. The first-order chi connectivity index (χ1) is 28.3. The number of hydrogen-bond donors (Lipinski definition) is 7. The van der Waals surface area contributed by atoms with Crippen LogP contribution in [0.15, 0.2) is 0 Å². The Morgan fingerprint density at radius 1 is 0.754 bits per heavy atom. The van der Waals surface area contributed by atoms with Crippen LogP contribution in [0.3, 0.4) is 0 Å². The summed E-state index contributed by atoms with van der Waals surface area (Å²) in [5.41, 5.74) is -3.44. The number of fused-ring (bicyclic) bond motifs is 2. The molecule has 0 aromatic heterocycles. The van der Waals surface area contributed by atoms with Gasteiger partial charge in [-0.2, -0.15) is 0 Å². The van der Waals surface area contributed by atoms with Crippen LogP contribution in [-0.2, 0) is 42.7 Å². The van der Waals surface area contributed by atoms with E-state index in [0.29, 0.717) is 25.7 Å². The lowest BCUT2D eigenvalue weighted by Crippen LogP contribution is -2.65. The average Bonchev–Trinajstić information content (AvgIpc) is 3.52. The molecule has 0 aromatic carbocycles. The highest BCUT2D eigenvalue weighted by atomic mass is 16.7. The molecule has 0 bridgehead atoms. The molecule has 3 aliphatic heterocycles. The molecule has 3 heterocycles. The molecule has 0 aromatic rings. The molecule has 0 amide bonds. The summed E-state index contributed by atoms with van der Waals surface area (Å²) in [6.07, 6.45) is -7.81. The first-order valence-electron chi connectivity index (χ1n) is 22.6. The van der Waals surface area contributed by atoms with Crippen LogP contribution in [0.5, 0.6) is 0 Å². The molecule has 61 heavy (non-hydrogen) atoms. The van der Waals surface area contributed by atoms with Crippen LogP contribution >= 0.6 is 0 Å². The molecule has 348 valence electrons. The number of aliphatic hydroxyl groups excluding tert-OH is 6. The minimum Gasteiger partial charge on any atom is -0.457 e. The number of ether oxygens (including phenoxy) is 7. The summed E-state index contributed by atoms with van der Waals surface area (Å²) >= 11 is 0. The van der Waals surface area contributed by atoms with Gasteiger partial charge in [0, 0.05) is 19.8 Å². The topological polar surface area (TPSA) is 240 Å². The molecule has 0 radical (unpaired) electrons. The Hall–Kier alpha value is -1.54. The van der Waals surface area contributed by atoms with Crippen molar-refractivity contribution in [1.29, 1.82) is 0 Å². The molecule has 16 unspecified atom stereocenters. The lowest BCUT2D eigenvalue weighted by Gasteiger charge is -2.65. The van der Waals surface area contributed by atoms with Gasteiger partial charge in [-0.25, -0.2) is 0 Å². The molecule has 7 N–H and O–H groups in total. The predicted molar refractivity (Wildman–Crippen MR) is 213 cm³/mol. The van der Waals surface area contributed by atoms with E-state index in [1.165, 1.54) is 13.8 Å². The smallest absolute Gasteiger partial charge is 0.303 e. The minimum atomic E-state index is -1.63. The van der Waals surface area contributed by atoms with Gasteiger partial charge in [0.2, 0.25) is 0 Å². The zero-order chi connectivity index (χ0) is 44.6. The molecular weight excluding hydrogens is 796 g/mol. The molecule has 8 fully saturated rings. The van der Waals surface area contributed by atoms with E-state index >= 15 is 0 Å². The molecule has 5 aliphatic carbocycles. The van der Waals surface area contributed by atoms with E-state index in [0.717, 1.165) is 32.1 Å². The summed E-state index contributed by atoms with van der Waals surface area (Å²) < 4.78 is 43.4. The van der Waals surface area contributed by atoms with Crippen molar-refractivity contribution in [2.75, 3.05) is 13.2 Å². The van der Waals surface area contributed by atoms with Crippen molar-refractivity contribution in [2.24, 2.45) is 44.8 Å². The van der Waals surface area contributed by atoms with Crippen LogP contribution in [0, 0.1) is 44.8 Å². The number of esters is 2. The molecule has 16 nitrogen and oxygen atoms in total. The number of aliphatic hydroxyl groups is 7. The third-order valence-electron chi connectivity index (χ3n) is 18.2. The Morgan fingerprint density at radius 3 is 2.07 bits per heavy atom. The van der Waals surface area contributed by atoms with E-state index in [1.807, 2.05) is 0 Å². The molecule has 21 atom stereocenters. The normalized spacial score (nSPS) is 53.8. The van der Waals surface area contributed by atoms with Crippen molar-refractivity contribution in [2.45, 2.75) is 211 Å². The first kappa shape index (κ1) is 46.0. The number of rotatable bonds is 9. The second-order valence-corrected chi connectivity index (χ2v) is 22.2. The first-order valence-corrected chi connectivity index (χ1v) is 22.6. The Kier molecular flexibility index (Phi) is 11.5. The van der Waals surface area contributed by atoms with E-state index in [1.54, 1.807) is 13.8 Å². The van der Waals surface area contributed by atoms with Gasteiger partial charge in [-0.05, 0) is 117 Å². The summed E-state index contributed by atoms with van der Waals surface area (Å²) in [5, 5.41) is 77.6. The van der Waals surface area contributed by atoms with Crippen LogP contribution in [0.4, 0.5) is 0 Å². The summed E-state index contributed by atoms with van der Waals surface area (Å²) in [6, 6.07) is 0. The lowest BCUT2D eigenvalue weighted by molar-refractivity contribution is -0.339. The van der Waals surface area contributed by atoms with Crippen LogP contribution in [0.1, 0.15) is 120 Å². The van der Waals surface area contributed by atoms with Crippen LogP contribution in [0.2, 0.25) is 0 Å². The molecule has 5 saturated carbocycles. The number of carbonyl (C=O) groups is 2. The maximum absolute atomic E-state index is 12.3. The van der Waals surface area contributed by atoms with E-state index in [2.05, 4.69) is 34.6 Å². The zero-order valence-corrected chi connectivity index (χ0v) is 37.3. The Bertz CT molecular complexity index is 1680. The Morgan fingerprint density at radius 2 is 1.44 bits per heavy atom. The predicted octanol–water partition coefficient (Wildman–Crippen LogP) is 1.87. The SMILES string of the molecule is CC(=O)OC1COC(O[C@H]2CCC34CC35CC[C@]3(C)C(C6(C)CCC(C(C)(C)O)O6)[C@@H](O)C[C@@]3(C)C5C[C@H](OC3OC(CO)C(O)C(O)C3O)C4C2(C)C)C(OC(C)=O)C1O. The van der Waals surface area contributed by atoms with Gasteiger partial charge < -0.3 is 68.9 Å². The minimum absolute atomic E-state index is 0.0660. The third kappa shape index (κ3) is 6.89. The van der Waals surface area contributed by atoms with Gasteiger partial charge in [0.1, 0.15) is 30.5 Å². The fourth-order valence-electron chi connectivity index (χ4n) is 15.5. The largest absolute Gasteiger partial charge is 0.457 e. The van der Waals surface area contributed by atoms with Gasteiger partial charge in [0.15, 0.2) is 24.8 Å². The highest BCUT2D eigenvalue weighted by Crippen LogP contribution is 2.89. The molecule has 2 spiro atoms. The zero-order valence-electron chi connectivity index (χ0n) is 37.3. The monoisotopic (exact) mass is 868 g/mol. The number of carbonyl (C=O) groups excluding carboxylic acids is 2. The maximum Gasteiger partial charge on any atom is 0.303 e. The van der Waals surface area contributed by atoms with Gasteiger partial charge in [-0.3, -0.25) is 9.59 Å². The van der Waals surface area contributed by atoms with Crippen molar-refractivity contribution in [1.82, 2.24) is 0 Å². The van der Waals surface area contributed by atoms with Crippen molar-refractivity contribution >= 4 is 11.9 Å². The average molecular weight is 869 g/mol. The molecule has 3 saturated heterocycles. The van der Waals surface area contributed by atoms with Gasteiger partial charge in [-0.1, -0.05) is 27.7 Å². The van der Waals surface area contributed by atoms with Crippen molar-refractivity contribution in [3.05, 3.63) is 0 Å². The molecule has 8 aliphatic rings. The third-order valence-corrected chi connectivity index (χ3v) is 18.2. The van der Waals surface area contributed by atoms with E-state index < -0.39 is 109 Å². The Balaban J connectivity index is 1.14. The van der Waals surface area contributed by atoms with Gasteiger partial charge in [-0.15, -0.1) is 0 Å². The summed E-state index contributed by atoms with van der Waals surface area (Å²) in [6.45, 7) is 16.2. The fourth-order valence-corrected chi connectivity index (χ4v) is 15.5. The molecular formula is C45H72O16. The second-order valence-electron chi connectivity index (χ2n) is 22.2. The van der Waals surface area contributed by atoms with Gasteiger partial charge in [0.05, 0.1) is 48.8 Å². The molecule has 16 heteroatoms. The van der Waals surface area contributed by atoms with E-state index in [-0.39, 0.29) is 52.1 Å². The number of hydrogen-bond acceptors (Lipinski definition) is 16. The lowest BCUT2D eigenvalue weighted by atomic mass is 9.41. The fraction of sp³-hybridized carbons (Fsp3) is 0.956. The highest BCUT2D eigenvalue weighted by Gasteiger charge is 2.85. The summed E-state index contributed by atoms with van der Waals surface area (Å²) in [4.78, 5) is 24.1. The van der Waals surface area contributed by atoms with E-state index in [9.17, 15) is 45.3 Å². The maximum atomic E-state index is 12.3. The highest BCUT2D eigenvalue weighted by molar-refractivity contribution is 5.67. The van der Waals surface area contributed by atoms with Crippen LogP contribution in [-0.4, -0.2) is 152 Å². The second kappa shape index (κ2) is 15.3. The van der Waals surface area contributed by atoms with Crippen molar-refractivity contribution in [3.8, 4) is 0 Å². The van der Waals surface area contributed by atoms with Crippen LogP contribution in [0.25, 0.3) is 0 Å². The van der Waals surface area contributed by atoms with E-state index in [4.69, 9.17) is 33.2 Å². The van der Waals surface area contributed by atoms with Gasteiger partial charge >= 0.3 is 11.9 Å². The van der Waals surface area contributed by atoms with Crippen LogP contribution < -0.4 is 0 Å².